The smallest absolute Gasteiger partial charge is 0.407 e. The lowest BCUT2D eigenvalue weighted by Gasteiger charge is -2.39. The van der Waals surface area contributed by atoms with E-state index in [0.717, 1.165) is 12.1 Å². The van der Waals surface area contributed by atoms with Gasteiger partial charge >= 0.3 is 6.09 Å². The Morgan fingerprint density at radius 1 is 1.38 bits per heavy atom. The Morgan fingerprint density at radius 3 is 2.71 bits per heavy atom. The van der Waals surface area contributed by atoms with Crippen LogP contribution in [0.4, 0.5) is 19.4 Å². The molecule has 0 saturated carbocycles. The summed E-state index contributed by atoms with van der Waals surface area (Å²) in [5, 5.41) is 9.44. The van der Waals surface area contributed by atoms with Gasteiger partial charge in [0, 0.05) is 43.4 Å². The Kier molecular flexibility index (Phi) is 4.21. The van der Waals surface area contributed by atoms with Crippen LogP contribution in [0.1, 0.15) is 12.5 Å². The maximum absolute atomic E-state index is 14.0. The first-order valence-corrected chi connectivity index (χ1v) is 7.86. The summed E-state index contributed by atoms with van der Waals surface area (Å²) in [6.45, 7) is 4.72. The molecule has 1 unspecified atom stereocenters. The highest BCUT2D eigenvalue weighted by atomic mass is 35.5. The molecule has 1 aromatic carbocycles. The number of benzene rings is 1. The van der Waals surface area contributed by atoms with E-state index in [-0.39, 0.29) is 22.0 Å². The third-order valence-corrected chi connectivity index (χ3v) is 4.79. The van der Waals surface area contributed by atoms with Gasteiger partial charge in [0.25, 0.3) is 0 Å². The highest BCUT2D eigenvalue weighted by Gasteiger charge is 2.29. The van der Waals surface area contributed by atoms with Gasteiger partial charge in [0.2, 0.25) is 0 Å². The molecule has 1 fully saturated rings. The molecule has 1 aromatic heterocycles. The van der Waals surface area contributed by atoms with Crippen molar-refractivity contribution in [2.24, 2.45) is 0 Å². The minimum atomic E-state index is -0.965. The summed E-state index contributed by atoms with van der Waals surface area (Å²) in [5.74, 6) is -0.946. The molecule has 24 heavy (non-hydrogen) atoms. The van der Waals surface area contributed by atoms with E-state index >= 15 is 0 Å². The highest BCUT2D eigenvalue weighted by molar-refractivity contribution is 6.36. The SMILES string of the molecule is Cc1c(N2CCN(C(=O)O)C(C)C2)nc2cc(F)cc(F)c2c1Cl. The number of piperazine rings is 1. The van der Waals surface area contributed by atoms with Crippen LogP contribution in [-0.2, 0) is 0 Å². The number of hydrogen-bond donors (Lipinski definition) is 1. The average molecular weight is 356 g/mol. The Labute approximate surface area is 142 Å². The summed E-state index contributed by atoms with van der Waals surface area (Å²) in [6, 6.07) is 1.70. The number of fused-ring (bicyclic) bond motifs is 1. The molecule has 8 heteroatoms. The van der Waals surface area contributed by atoms with E-state index in [9.17, 15) is 13.6 Å². The molecule has 1 amide bonds. The first-order chi connectivity index (χ1) is 11.3. The van der Waals surface area contributed by atoms with Crippen molar-refractivity contribution in [3.8, 4) is 0 Å². The zero-order valence-corrected chi connectivity index (χ0v) is 13.9. The molecule has 128 valence electrons. The predicted octanol–water partition coefficient (Wildman–Crippen LogP) is 3.66. The second-order valence-corrected chi connectivity index (χ2v) is 6.31. The molecule has 0 radical (unpaired) electrons. The van der Waals surface area contributed by atoms with E-state index in [1.165, 1.54) is 4.90 Å². The number of carbonyl (C=O) groups is 1. The van der Waals surface area contributed by atoms with Crippen LogP contribution in [0, 0.1) is 18.6 Å². The number of amides is 1. The molecule has 1 N–H and O–H groups in total. The quantitative estimate of drug-likeness (QED) is 0.848. The largest absolute Gasteiger partial charge is 0.465 e. The molecule has 5 nitrogen and oxygen atoms in total. The van der Waals surface area contributed by atoms with Gasteiger partial charge in [0.1, 0.15) is 17.5 Å². The minimum absolute atomic E-state index is 0.0940. The van der Waals surface area contributed by atoms with Crippen molar-refractivity contribution >= 4 is 34.4 Å². The number of anilines is 1. The normalized spacial score (nSPS) is 18.3. The monoisotopic (exact) mass is 355 g/mol. The van der Waals surface area contributed by atoms with Crippen molar-refractivity contribution in [1.29, 1.82) is 0 Å². The third-order valence-electron chi connectivity index (χ3n) is 4.32. The van der Waals surface area contributed by atoms with Gasteiger partial charge in [-0.25, -0.2) is 18.6 Å². The molecule has 1 saturated heterocycles. The van der Waals surface area contributed by atoms with E-state index in [1.54, 1.807) is 13.8 Å². The summed E-state index contributed by atoms with van der Waals surface area (Å²) >= 11 is 6.29. The maximum atomic E-state index is 14.0. The van der Waals surface area contributed by atoms with Crippen molar-refractivity contribution in [2.45, 2.75) is 19.9 Å². The van der Waals surface area contributed by atoms with Gasteiger partial charge in [-0.15, -0.1) is 0 Å². The number of nitrogens with zero attached hydrogens (tertiary/aromatic N) is 3. The zero-order chi connectivity index (χ0) is 17.6. The first kappa shape index (κ1) is 16.7. The Morgan fingerprint density at radius 2 is 2.08 bits per heavy atom. The van der Waals surface area contributed by atoms with Crippen LogP contribution in [0.15, 0.2) is 12.1 Å². The Bertz CT molecular complexity index is 831. The molecule has 2 aromatic rings. The minimum Gasteiger partial charge on any atom is -0.465 e. The van der Waals surface area contributed by atoms with Crippen LogP contribution in [0.5, 0.6) is 0 Å². The van der Waals surface area contributed by atoms with Gasteiger partial charge in [-0.05, 0) is 13.8 Å². The molecule has 1 aliphatic rings. The summed E-state index contributed by atoms with van der Waals surface area (Å²) < 4.78 is 27.5. The molecule has 2 heterocycles. The molecule has 1 aliphatic heterocycles. The van der Waals surface area contributed by atoms with E-state index in [0.29, 0.717) is 31.0 Å². The van der Waals surface area contributed by atoms with Crippen molar-refractivity contribution in [3.63, 3.8) is 0 Å². The standard InChI is InChI=1S/C16H16ClF2N3O2/c1-8-7-21(3-4-22(8)16(23)24)15-9(2)14(17)13-11(19)5-10(18)6-12(13)20-15/h5-6,8H,3-4,7H2,1-2H3,(H,23,24). The molecule has 1 atom stereocenters. The molecular weight excluding hydrogens is 340 g/mol. The van der Waals surface area contributed by atoms with E-state index in [1.807, 2.05) is 4.90 Å². The van der Waals surface area contributed by atoms with Crippen molar-refractivity contribution in [1.82, 2.24) is 9.88 Å². The average Bonchev–Trinajstić information content (AvgIpc) is 2.49. The van der Waals surface area contributed by atoms with Crippen molar-refractivity contribution in [3.05, 3.63) is 34.4 Å². The number of hydrogen-bond acceptors (Lipinski definition) is 3. The van der Waals surface area contributed by atoms with E-state index in [4.69, 9.17) is 16.7 Å². The van der Waals surface area contributed by atoms with E-state index < -0.39 is 17.7 Å². The Balaban J connectivity index is 2.05. The third kappa shape index (κ3) is 2.73. The topological polar surface area (TPSA) is 56.7 Å². The van der Waals surface area contributed by atoms with Gasteiger partial charge in [-0.2, -0.15) is 0 Å². The lowest BCUT2D eigenvalue weighted by molar-refractivity contribution is 0.122. The number of carboxylic acid groups (broad SMARTS) is 1. The lowest BCUT2D eigenvalue weighted by Crippen LogP contribution is -2.54. The predicted molar refractivity (Wildman–Crippen MR) is 87.8 cm³/mol. The van der Waals surface area contributed by atoms with Gasteiger partial charge in [0.05, 0.1) is 15.9 Å². The fourth-order valence-electron chi connectivity index (χ4n) is 3.09. The lowest BCUT2D eigenvalue weighted by atomic mass is 10.1. The summed E-state index contributed by atoms with van der Waals surface area (Å²) in [7, 11) is 0. The first-order valence-electron chi connectivity index (χ1n) is 7.49. The van der Waals surface area contributed by atoms with Gasteiger partial charge < -0.3 is 14.9 Å². The van der Waals surface area contributed by atoms with Crippen LogP contribution >= 0.6 is 11.6 Å². The molecule has 0 aliphatic carbocycles. The molecule has 0 bridgehead atoms. The molecule has 0 spiro atoms. The zero-order valence-electron chi connectivity index (χ0n) is 13.2. The van der Waals surface area contributed by atoms with Crippen LogP contribution < -0.4 is 4.90 Å². The summed E-state index contributed by atoms with van der Waals surface area (Å²) in [5.41, 5.74) is 0.733. The summed E-state index contributed by atoms with van der Waals surface area (Å²) in [4.78, 5) is 18.8. The second-order valence-electron chi connectivity index (χ2n) is 5.93. The molecular formula is C16H16ClF2N3O2. The number of pyridine rings is 1. The number of aromatic nitrogens is 1. The van der Waals surface area contributed by atoms with Gasteiger partial charge in [-0.1, -0.05) is 11.6 Å². The maximum Gasteiger partial charge on any atom is 0.407 e. The second kappa shape index (κ2) is 6.05. The van der Waals surface area contributed by atoms with Crippen LogP contribution in [0.3, 0.4) is 0 Å². The van der Waals surface area contributed by atoms with Crippen LogP contribution in [0.25, 0.3) is 10.9 Å². The van der Waals surface area contributed by atoms with E-state index in [2.05, 4.69) is 4.98 Å². The summed E-state index contributed by atoms with van der Waals surface area (Å²) in [6.07, 6.45) is -0.965. The number of halogens is 3. The van der Waals surface area contributed by atoms with Gasteiger partial charge in [0.15, 0.2) is 0 Å². The highest BCUT2D eigenvalue weighted by Crippen LogP contribution is 2.34. The van der Waals surface area contributed by atoms with Crippen LogP contribution in [-0.4, -0.2) is 46.8 Å². The van der Waals surface area contributed by atoms with Crippen molar-refractivity contribution < 1.29 is 18.7 Å². The molecule has 3 rings (SSSR count). The fraction of sp³-hybridized carbons (Fsp3) is 0.375. The van der Waals surface area contributed by atoms with Gasteiger partial charge in [-0.3, -0.25) is 0 Å². The van der Waals surface area contributed by atoms with Crippen LogP contribution in [0.2, 0.25) is 5.02 Å². The fourth-order valence-corrected chi connectivity index (χ4v) is 3.36. The van der Waals surface area contributed by atoms with Crippen molar-refractivity contribution in [2.75, 3.05) is 24.5 Å². The number of rotatable bonds is 1. The Hall–Kier alpha value is -2.15.